The molecule has 3 rings (SSSR count). The second-order valence-corrected chi connectivity index (χ2v) is 6.71. The molecule has 6 heteroatoms. The average molecular weight is 354 g/mol. The number of carbonyl (C=O) groups is 1. The number of carbonyl (C=O) groups excluding carboxylic acids is 1. The molecular formula is C20H26N4O2. The van der Waals surface area contributed by atoms with Gasteiger partial charge in [0.2, 0.25) is 0 Å². The van der Waals surface area contributed by atoms with E-state index in [0.29, 0.717) is 25.3 Å². The molecule has 2 aromatic rings. The van der Waals surface area contributed by atoms with E-state index in [2.05, 4.69) is 44.4 Å². The van der Waals surface area contributed by atoms with Crippen molar-refractivity contribution in [3.63, 3.8) is 0 Å². The van der Waals surface area contributed by atoms with Crippen molar-refractivity contribution in [3.8, 4) is 0 Å². The normalized spacial score (nSPS) is 14.5. The van der Waals surface area contributed by atoms with E-state index in [1.54, 1.807) is 12.3 Å². The molecule has 1 N–H and O–H groups in total. The lowest BCUT2D eigenvalue weighted by Gasteiger charge is -2.29. The van der Waals surface area contributed by atoms with E-state index < -0.39 is 0 Å². The lowest BCUT2D eigenvalue weighted by molar-refractivity contribution is 0.0949. The first-order chi connectivity index (χ1) is 12.6. The van der Waals surface area contributed by atoms with Crippen molar-refractivity contribution in [3.05, 3.63) is 59.3 Å². The molecule has 0 unspecified atom stereocenters. The number of benzene rings is 1. The van der Waals surface area contributed by atoms with Crippen molar-refractivity contribution in [2.45, 2.75) is 13.1 Å². The van der Waals surface area contributed by atoms with Crippen molar-refractivity contribution in [2.24, 2.45) is 0 Å². The van der Waals surface area contributed by atoms with Crippen molar-refractivity contribution >= 4 is 11.7 Å². The molecule has 0 atom stereocenters. The van der Waals surface area contributed by atoms with Crippen LogP contribution in [-0.2, 0) is 17.8 Å². The third-order valence-corrected chi connectivity index (χ3v) is 4.32. The van der Waals surface area contributed by atoms with Gasteiger partial charge >= 0.3 is 0 Å². The molecule has 1 aromatic heterocycles. The molecule has 0 spiro atoms. The number of anilines is 1. The van der Waals surface area contributed by atoms with E-state index >= 15 is 0 Å². The highest BCUT2D eigenvalue weighted by molar-refractivity contribution is 5.98. The van der Waals surface area contributed by atoms with Gasteiger partial charge in [0.15, 0.2) is 0 Å². The molecule has 6 nitrogen and oxygen atoms in total. The lowest BCUT2D eigenvalue weighted by atomic mass is 10.1. The Labute approximate surface area is 154 Å². The van der Waals surface area contributed by atoms with Crippen LogP contribution >= 0.6 is 0 Å². The first-order valence-electron chi connectivity index (χ1n) is 8.92. The molecule has 0 radical (unpaired) electrons. The number of morpholine rings is 1. The fraction of sp³-hybridized carbons (Fsp3) is 0.400. The highest BCUT2D eigenvalue weighted by Gasteiger charge is 2.19. The summed E-state index contributed by atoms with van der Waals surface area (Å²) in [6.07, 6.45) is 1.73. The Kier molecular flexibility index (Phi) is 6.20. The van der Waals surface area contributed by atoms with Crippen molar-refractivity contribution in [2.75, 3.05) is 45.3 Å². The summed E-state index contributed by atoms with van der Waals surface area (Å²) >= 11 is 0. The van der Waals surface area contributed by atoms with Crippen LogP contribution in [-0.4, -0.2) is 56.2 Å². The molecule has 0 saturated carbocycles. The third-order valence-electron chi connectivity index (χ3n) is 4.32. The van der Waals surface area contributed by atoms with Crippen LogP contribution in [0.15, 0.2) is 42.6 Å². The van der Waals surface area contributed by atoms with Gasteiger partial charge in [-0.05, 0) is 37.4 Å². The van der Waals surface area contributed by atoms with Gasteiger partial charge in [0.05, 0.1) is 18.8 Å². The first kappa shape index (κ1) is 18.4. The Hall–Kier alpha value is -2.44. The summed E-state index contributed by atoms with van der Waals surface area (Å²) in [6, 6.07) is 12.0. The molecule has 0 bridgehead atoms. The standard InChI is InChI=1S/C20H26N4O2/c1-23(2)15-17-7-5-16(6-8-17)14-22-20(25)18-4-3-9-21-19(18)24-10-12-26-13-11-24/h3-9H,10-15H2,1-2H3,(H,22,25). The summed E-state index contributed by atoms with van der Waals surface area (Å²) in [7, 11) is 4.10. The van der Waals surface area contributed by atoms with Crippen LogP contribution in [0.1, 0.15) is 21.5 Å². The number of pyridine rings is 1. The van der Waals surface area contributed by atoms with E-state index in [-0.39, 0.29) is 5.91 Å². The molecule has 1 amide bonds. The molecule has 1 saturated heterocycles. The van der Waals surface area contributed by atoms with Gasteiger partial charge in [-0.2, -0.15) is 0 Å². The zero-order valence-corrected chi connectivity index (χ0v) is 15.4. The van der Waals surface area contributed by atoms with Gasteiger partial charge in [-0.3, -0.25) is 4.79 Å². The number of amides is 1. The van der Waals surface area contributed by atoms with Crippen LogP contribution in [0, 0.1) is 0 Å². The minimum Gasteiger partial charge on any atom is -0.378 e. The topological polar surface area (TPSA) is 57.7 Å². The van der Waals surface area contributed by atoms with E-state index in [9.17, 15) is 4.79 Å². The largest absolute Gasteiger partial charge is 0.378 e. The minimum atomic E-state index is -0.100. The predicted molar refractivity (Wildman–Crippen MR) is 102 cm³/mol. The Balaban J connectivity index is 1.63. The lowest BCUT2D eigenvalue weighted by Crippen LogP contribution is -2.38. The monoisotopic (exact) mass is 354 g/mol. The molecule has 1 aliphatic heterocycles. The van der Waals surface area contributed by atoms with Gasteiger partial charge in [-0.1, -0.05) is 24.3 Å². The maximum absolute atomic E-state index is 12.7. The molecule has 1 fully saturated rings. The van der Waals surface area contributed by atoms with Crippen LogP contribution in [0.25, 0.3) is 0 Å². The summed E-state index contributed by atoms with van der Waals surface area (Å²) < 4.78 is 5.39. The fourth-order valence-corrected chi connectivity index (χ4v) is 3.01. The summed E-state index contributed by atoms with van der Waals surface area (Å²) in [6.45, 7) is 4.24. The van der Waals surface area contributed by atoms with Crippen LogP contribution < -0.4 is 10.2 Å². The number of hydrogen-bond acceptors (Lipinski definition) is 5. The van der Waals surface area contributed by atoms with Gasteiger partial charge in [0, 0.05) is 32.4 Å². The number of hydrogen-bond donors (Lipinski definition) is 1. The highest BCUT2D eigenvalue weighted by atomic mass is 16.5. The van der Waals surface area contributed by atoms with Gasteiger partial charge in [0.25, 0.3) is 5.91 Å². The SMILES string of the molecule is CN(C)Cc1ccc(CNC(=O)c2cccnc2N2CCOCC2)cc1. The van der Waals surface area contributed by atoms with Crippen molar-refractivity contribution < 1.29 is 9.53 Å². The van der Waals surface area contributed by atoms with E-state index in [1.807, 2.05) is 20.2 Å². The number of ether oxygens (including phenoxy) is 1. The van der Waals surface area contributed by atoms with Crippen LogP contribution in [0.3, 0.4) is 0 Å². The second kappa shape index (κ2) is 8.78. The Bertz CT molecular complexity index is 725. The van der Waals surface area contributed by atoms with Gasteiger partial charge in [-0.25, -0.2) is 4.98 Å². The minimum absolute atomic E-state index is 0.100. The second-order valence-electron chi connectivity index (χ2n) is 6.71. The van der Waals surface area contributed by atoms with Gasteiger partial charge in [-0.15, -0.1) is 0 Å². The highest BCUT2D eigenvalue weighted by Crippen LogP contribution is 2.18. The summed E-state index contributed by atoms with van der Waals surface area (Å²) in [5, 5.41) is 3.01. The quantitative estimate of drug-likeness (QED) is 0.859. The maximum atomic E-state index is 12.7. The number of nitrogens with zero attached hydrogens (tertiary/aromatic N) is 3. The third kappa shape index (κ3) is 4.80. The first-order valence-corrected chi connectivity index (χ1v) is 8.92. The van der Waals surface area contributed by atoms with Gasteiger partial charge in [0.1, 0.15) is 5.82 Å². The molecule has 138 valence electrons. The van der Waals surface area contributed by atoms with Crippen LogP contribution in [0.5, 0.6) is 0 Å². The molecular weight excluding hydrogens is 328 g/mol. The maximum Gasteiger partial charge on any atom is 0.255 e. The van der Waals surface area contributed by atoms with Crippen LogP contribution in [0.2, 0.25) is 0 Å². The zero-order valence-electron chi connectivity index (χ0n) is 15.4. The molecule has 2 heterocycles. The summed E-state index contributed by atoms with van der Waals surface area (Å²) in [5.41, 5.74) is 2.95. The number of nitrogens with one attached hydrogen (secondary N) is 1. The Morgan fingerprint density at radius 1 is 1.15 bits per heavy atom. The Morgan fingerprint density at radius 3 is 2.54 bits per heavy atom. The summed E-state index contributed by atoms with van der Waals surface area (Å²) in [5.74, 6) is 0.631. The molecule has 0 aliphatic carbocycles. The molecule has 1 aromatic carbocycles. The molecule has 1 aliphatic rings. The van der Waals surface area contributed by atoms with E-state index in [0.717, 1.165) is 31.0 Å². The van der Waals surface area contributed by atoms with E-state index in [4.69, 9.17) is 4.74 Å². The van der Waals surface area contributed by atoms with Gasteiger partial charge < -0.3 is 19.9 Å². The summed E-state index contributed by atoms with van der Waals surface area (Å²) in [4.78, 5) is 21.3. The van der Waals surface area contributed by atoms with Crippen LogP contribution in [0.4, 0.5) is 5.82 Å². The predicted octanol–water partition coefficient (Wildman–Crippen LogP) is 1.91. The zero-order chi connectivity index (χ0) is 18.4. The molecule has 26 heavy (non-hydrogen) atoms. The van der Waals surface area contributed by atoms with Crippen molar-refractivity contribution in [1.82, 2.24) is 15.2 Å². The van der Waals surface area contributed by atoms with E-state index in [1.165, 1.54) is 5.56 Å². The van der Waals surface area contributed by atoms with Crippen molar-refractivity contribution in [1.29, 1.82) is 0 Å². The number of rotatable bonds is 6. The smallest absolute Gasteiger partial charge is 0.255 e. The fourth-order valence-electron chi connectivity index (χ4n) is 3.01. The Morgan fingerprint density at radius 2 is 1.85 bits per heavy atom. The number of aromatic nitrogens is 1. The average Bonchev–Trinajstić information content (AvgIpc) is 2.67.